The summed E-state index contributed by atoms with van der Waals surface area (Å²) in [6.07, 6.45) is 6.82. The van der Waals surface area contributed by atoms with Gasteiger partial charge in [0.15, 0.2) is 0 Å². The molecule has 0 aliphatic rings. The fraction of sp³-hybridized carbons (Fsp3) is 0.333. The number of hydrogen-bond acceptors (Lipinski definition) is 3. The lowest BCUT2D eigenvalue weighted by molar-refractivity contribution is 0.176. The van der Waals surface area contributed by atoms with E-state index in [0.717, 1.165) is 11.3 Å². The van der Waals surface area contributed by atoms with Crippen molar-refractivity contribution < 1.29 is 5.11 Å². The molecular formula is C9H12N4O. The molecule has 0 spiro atoms. The molecule has 0 aliphatic heterocycles. The molecule has 5 heteroatoms. The van der Waals surface area contributed by atoms with Crippen LogP contribution in [0.4, 0.5) is 0 Å². The molecule has 0 fully saturated rings. The Hall–Kier alpha value is -1.62. The normalized spacial score (nSPS) is 13.0. The number of nitrogens with one attached hydrogen (secondary N) is 1. The van der Waals surface area contributed by atoms with Crippen molar-refractivity contribution in [3.63, 3.8) is 0 Å². The van der Waals surface area contributed by atoms with Gasteiger partial charge in [-0.1, -0.05) is 0 Å². The van der Waals surface area contributed by atoms with Gasteiger partial charge >= 0.3 is 0 Å². The maximum Gasteiger partial charge on any atom is 0.0945 e. The summed E-state index contributed by atoms with van der Waals surface area (Å²) in [6, 6.07) is 0. The van der Waals surface area contributed by atoms with E-state index in [9.17, 15) is 5.11 Å². The van der Waals surface area contributed by atoms with Gasteiger partial charge in [-0.05, 0) is 0 Å². The predicted molar refractivity (Wildman–Crippen MR) is 50.5 cm³/mol. The van der Waals surface area contributed by atoms with Gasteiger partial charge in [0, 0.05) is 37.1 Å². The first-order valence-electron chi connectivity index (χ1n) is 4.39. The van der Waals surface area contributed by atoms with Crippen LogP contribution in [0.2, 0.25) is 0 Å². The van der Waals surface area contributed by atoms with Crippen molar-refractivity contribution >= 4 is 0 Å². The maximum atomic E-state index is 9.80. The Morgan fingerprint density at radius 3 is 3.00 bits per heavy atom. The van der Waals surface area contributed by atoms with Crippen LogP contribution in [0.5, 0.6) is 0 Å². The fourth-order valence-corrected chi connectivity index (χ4v) is 1.34. The van der Waals surface area contributed by atoms with E-state index < -0.39 is 6.10 Å². The van der Waals surface area contributed by atoms with Gasteiger partial charge in [0.05, 0.1) is 18.6 Å². The second kappa shape index (κ2) is 3.63. The van der Waals surface area contributed by atoms with Gasteiger partial charge in [-0.15, -0.1) is 0 Å². The van der Waals surface area contributed by atoms with E-state index in [4.69, 9.17) is 0 Å². The average molecular weight is 192 g/mol. The van der Waals surface area contributed by atoms with E-state index in [1.54, 1.807) is 24.9 Å². The summed E-state index contributed by atoms with van der Waals surface area (Å²) >= 11 is 0. The van der Waals surface area contributed by atoms with Crippen LogP contribution in [-0.2, 0) is 13.5 Å². The van der Waals surface area contributed by atoms with Crippen molar-refractivity contribution in [3.05, 3.63) is 36.2 Å². The Balaban J connectivity index is 2.09. The third-order valence-corrected chi connectivity index (χ3v) is 2.22. The van der Waals surface area contributed by atoms with Crippen LogP contribution in [0.3, 0.4) is 0 Å². The summed E-state index contributed by atoms with van der Waals surface area (Å²) in [7, 11) is 1.91. The molecule has 0 aromatic carbocycles. The second-order valence-electron chi connectivity index (χ2n) is 3.25. The SMILES string of the molecule is Cn1cncc1CC(O)c1cn[nH]c1. The largest absolute Gasteiger partial charge is 0.388 e. The summed E-state index contributed by atoms with van der Waals surface area (Å²) in [5.74, 6) is 0. The molecule has 0 saturated heterocycles. The molecule has 14 heavy (non-hydrogen) atoms. The lowest BCUT2D eigenvalue weighted by atomic mass is 10.1. The molecule has 74 valence electrons. The lowest BCUT2D eigenvalue weighted by Crippen LogP contribution is -2.04. The highest BCUT2D eigenvalue weighted by Crippen LogP contribution is 2.15. The molecular weight excluding hydrogens is 180 g/mol. The topological polar surface area (TPSA) is 66.7 Å². The number of rotatable bonds is 3. The molecule has 2 rings (SSSR count). The first-order valence-corrected chi connectivity index (χ1v) is 4.39. The Morgan fingerprint density at radius 2 is 2.43 bits per heavy atom. The zero-order chi connectivity index (χ0) is 9.97. The van der Waals surface area contributed by atoms with Crippen LogP contribution < -0.4 is 0 Å². The van der Waals surface area contributed by atoms with E-state index in [-0.39, 0.29) is 0 Å². The quantitative estimate of drug-likeness (QED) is 0.740. The molecule has 2 heterocycles. The minimum absolute atomic E-state index is 0.524. The molecule has 0 radical (unpaired) electrons. The van der Waals surface area contributed by atoms with Crippen molar-refractivity contribution in [1.29, 1.82) is 0 Å². The van der Waals surface area contributed by atoms with Crippen LogP contribution in [0.15, 0.2) is 24.9 Å². The highest BCUT2D eigenvalue weighted by Gasteiger charge is 2.11. The van der Waals surface area contributed by atoms with Crippen LogP contribution in [0, 0.1) is 0 Å². The Labute approximate surface area is 81.4 Å². The standard InChI is InChI=1S/C9H12N4O/c1-13-6-10-5-8(13)2-9(14)7-3-11-12-4-7/h3-6,9,14H,2H2,1H3,(H,11,12). The first-order chi connectivity index (χ1) is 6.77. The van der Waals surface area contributed by atoms with E-state index >= 15 is 0 Å². The maximum absolute atomic E-state index is 9.80. The van der Waals surface area contributed by atoms with Crippen molar-refractivity contribution in [2.24, 2.45) is 7.05 Å². The van der Waals surface area contributed by atoms with Crippen molar-refractivity contribution in [3.8, 4) is 0 Å². The van der Waals surface area contributed by atoms with Gasteiger partial charge < -0.3 is 9.67 Å². The molecule has 0 saturated carbocycles. The third kappa shape index (κ3) is 1.67. The number of nitrogens with zero attached hydrogens (tertiary/aromatic N) is 3. The lowest BCUT2D eigenvalue weighted by Gasteiger charge is -2.07. The van der Waals surface area contributed by atoms with Crippen LogP contribution in [0.1, 0.15) is 17.4 Å². The minimum atomic E-state index is -0.524. The minimum Gasteiger partial charge on any atom is -0.388 e. The number of aromatic nitrogens is 4. The predicted octanol–water partition coefficient (Wildman–Crippen LogP) is 0.419. The van der Waals surface area contributed by atoms with E-state index in [1.807, 2.05) is 11.6 Å². The van der Waals surface area contributed by atoms with Gasteiger partial charge in [0.2, 0.25) is 0 Å². The molecule has 2 aromatic rings. The summed E-state index contributed by atoms with van der Waals surface area (Å²) in [5.41, 5.74) is 1.80. The van der Waals surface area contributed by atoms with Crippen LogP contribution in [-0.4, -0.2) is 24.9 Å². The number of H-pyrrole nitrogens is 1. The average Bonchev–Trinajstić information content (AvgIpc) is 2.77. The second-order valence-corrected chi connectivity index (χ2v) is 3.25. The van der Waals surface area contributed by atoms with Crippen LogP contribution in [0.25, 0.3) is 0 Å². The summed E-state index contributed by atoms with van der Waals surface area (Å²) in [4.78, 5) is 3.98. The molecule has 2 N–H and O–H groups in total. The summed E-state index contributed by atoms with van der Waals surface area (Å²) in [5, 5.41) is 16.3. The molecule has 1 atom stereocenters. The molecule has 5 nitrogen and oxygen atoms in total. The summed E-state index contributed by atoms with van der Waals surface area (Å²) in [6.45, 7) is 0. The fourth-order valence-electron chi connectivity index (χ4n) is 1.34. The van der Waals surface area contributed by atoms with Gasteiger partial charge in [0.25, 0.3) is 0 Å². The molecule has 0 bridgehead atoms. The van der Waals surface area contributed by atoms with Crippen molar-refractivity contribution in [2.45, 2.75) is 12.5 Å². The van der Waals surface area contributed by atoms with Crippen LogP contribution >= 0.6 is 0 Å². The highest BCUT2D eigenvalue weighted by molar-refractivity contribution is 5.11. The smallest absolute Gasteiger partial charge is 0.0945 e. The molecule has 2 aromatic heterocycles. The number of aliphatic hydroxyl groups is 1. The van der Waals surface area contributed by atoms with E-state index in [1.165, 1.54) is 0 Å². The Kier molecular flexibility index (Phi) is 2.32. The zero-order valence-electron chi connectivity index (χ0n) is 7.88. The van der Waals surface area contributed by atoms with Gasteiger partial charge in [0.1, 0.15) is 0 Å². The third-order valence-electron chi connectivity index (χ3n) is 2.22. The number of hydrogen-bond donors (Lipinski definition) is 2. The van der Waals surface area contributed by atoms with E-state index in [2.05, 4.69) is 15.2 Å². The number of aryl methyl sites for hydroxylation is 1. The molecule has 0 amide bonds. The highest BCUT2D eigenvalue weighted by atomic mass is 16.3. The molecule has 1 unspecified atom stereocenters. The van der Waals surface area contributed by atoms with Crippen molar-refractivity contribution in [1.82, 2.24) is 19.7 Å². The summed E-state index contributed by atoms with van der Waals surface area (Å²) < 4.78 is 1.89. The Bertz CT molecular complexity index is 393. The van der Waals surface area contributed by atoms with Gasteiger partial charge in [-0.25, -0.2) is 4.98 Å². The van der Waals surface area contributed by atoms with Gasteiger partial charge in [-0.3, -0.25) is 5.10 Å². The number of imidazole rings is 1. The molecule has 0 aliphatic carbocycles. The first kappa shape index (κ1) is 8.96. The zero-order valence-corrected chi connectivity index (χ0v) is 7.88. The van der Waals surface area contributed by atoms with Gasteiger partial charge in [-0.2, -0.15) is 5.10 Å². The monoisotopic (exact) mass is 192 g/mol. The number of aliphatic hydroxyl groups excluding tert-OH is 1. The number of aromatic amines is 1. The van der Waals surface area contributed by atoms with Crippen molar-refractivity contribution in [2.75, 3.05) is 0 Å². The Morgan fingerprint density at radius 1 is 1.57 bits per heavy atom. The van der Waals surface area contributed by atoms with E-state index in [0.29, 0.717) is 6.42 Å².